The van der Waals surface area contributed by atoms with E-state index in [-0.39, 0.29) is 6.04 Å². The van der Waals surface area contributed by atoms with Crippen molar-refractivity contribution in [2.45, 2.75) is 51.1 Å². The van der Waals surface area contributed by atoms with Crippen molar-refractivity contribution in [1.82, 2.24) is 20.2 Å². The van der Waals surface area contributed by atoms with Crippen LogP contribution >= 0.6 is 0 Å². The zero-order valence-electron chi connectivity index (χ0n) is 23.2. The fraction of sp³-hybridized carbons (Fsp3) is 0.516. The molecule has 2 aromatic carbocycles. The molecule has 3 aliphatic heterocycles. The van der Waals surface area contributed by atoms with Gasteiger partial charge in [0.05, 0.1) is 18.2 Å². The van der Waals surface area contributed by atoms with E-state index in [1.807, 2.05) is 0 Å². The number of ether oxygens (including phenoxy) is 1. The highest BCUT2D eigenvalue weighted by Gasteiger charge is 2.28. The Balaban J connectivity index is 1.31. The van der Waals surface area contributed by atoms with Crippen LogP contribution in [-0.2, 0) is 12.8 Å². The second kappa shape index (κ2) is 11.4. The summed E-state index contributed by atoms with van der Waals surface area (Å²) in [7, 11) is 2.17. The molecule has 0 saturated carbocycles. The van der Waals surface area contributed by atoms with Crippen LogP contribution in [0.4, 0.5) is 11.5 Å². The van der Waals surface area contributed by atoms with Crippen LogP contribution in [0.25, 0.3) is 10.8 Å². The molecule has 204 valence electrons. The first-order chi connectivity index (χ1) is 19.1. The van der Waals surface area contributed by atoms with Gasteiger partial charge in [-0.2, -0.15) is 15.2 Å². The molecule has 2 saturated heterocycles. The van der Waals surface area contributed by atoms with Crippen LogP contribution in [0.15, 0.2) is 36.4 Å². The number of aromatic nitrogens is 2. The zero-order valence-corrected chi connectivity index (χ0v) is 23.2. The van der Waals surface area contributed by atoms with Gasteiger partial charge in [-0.15, -0.1) is 0 Å². The van der Waals surface area contributed by atoms with Gasteiger partial charge < -0.3 is 24.8 Å². The highest BCUT2D eigenvalue weighted by Crippen LogP contribution is 2.33. The number of benzene rings is 2. The van der Waals surface area contributed by atoms with Gasteiger partial charge in [0.15, 0.2) is 0 Å². The van der Waals surface area contributed by atoms with Gasteiger partial charge in [0.2, 0.25) is 0 Å². The Kier molecular flexibility index (Phi) is 7.53. The first-order valence-corrected chi connectivity index (χ1v) is 14.4. The molecule has 2 atom stereocenters. The number of likely N-dealkylation sites (N-methyl/N-ethyl adjacent to an activating group) is 1. The van der Waals surface area contributed by atoms with Crippen molar-refractivity contribution in [3.8, 4) is 12.1 Å². The third-order valence-electron chi connectivity index (χ3n) is 8.70. The number of piperazine rings is 1. The topological polar surface area (TPSA) is 80.6 Å². The number of nitriles is 1. The molecule has 0 radical (unpaired) electrons. The minimum Gasteiger partial charge on any atom is -0.462 e. The molecule has 6 rings (SSSR count). The summed E-state index contributed by atoms with van der Waals surface area (Å²) in [5.41, 5.74) is 4.94. The maximum atomic E-state index is 9.31. The Hall–Kier alpha value is -3.41. The zero-order chi connectivity index (χ0) is 26.8. The fourth-order valence-electron chi connectivity index (χ4n) is 6.52. The number of nitrogens with zero attached hydrogens (tertiary/aromatic N) is 6. The molecular weight excluding hydrogens is 486 g/mol. The summed E-state index contributed by atoms with van der Waals surface area (Å²) in [4.78, 5) is 17.3. The lowest BCUT2D eigenvalue weighted by atomic mass is 10.0. The average molecular weight is 526 g/mol. The van der Waals surface area contributed by atoms with E-state index in [2.05, 4.69) is 76.5 Å². The van der Waals surface area contributed by atoms with Gasteiger partial charge in [0.25, 0.3) is 0 Å². The van der Waals surface area contributed by atoms with E-state index in [0.29, 0.717) is 25.1 Å². The Morgan fingerprint density at radius 2 is 1.90 bits per heavy atom. The standard InChI is InChI=1S/C31H39N7O/c1-22-6-3-7-23-8-4-10-28(29(22)23)37-17-12-26-27(13-18-37)34-31(39-21-25-9-5-16-36(25)2)35-30(26)38-19-15-33-24(20-38)11-14-32/h3-4,6-8,10,24-25,33H,5,9,11-13,15-21H2,1-2H3/t24-,25-/m0/s1. The predicted octanol–water partition coefficient (Wildman–Crippen LogP) is 3.71. The summed E-state index contributed by atoms with van der Waals surface area (Å²) < 4.78 is 6.29. The molecule has 1 N–H and O–H groups in total. The van der Waals surface area contributed by atoms with Crippen LogP contribution in [0.1, 0.15) is 36.1 Å². The minimum absolute atomic E-state index is 0.145. The Bertz CT molecular complexity index is 1360. The predicted molar refractivity (Wildman–Crippen MR) is 156 cm³/mol. The van der Waals surface area contributed by atoms with E-state index in [4.69, 9.17) is 14.7 Å². The van der Waals surface area contributed by atoms with E-state index in [1.165, 1.54) is 34.0 Å². The summed E-state index contributed by atoms with van der Waals surface area (Å²) in [6.45, 7) is 8.24. The van der Waals surface area contributed by atoms with Crippen molar-refractivity contribution in [3.63, 3.8) is 0 Å². The number of hydrogen-bond donors (Lipinski definition) is 1. The van der Waals surface area contributed by atoms with Gasteiger partial charge in [-0.3, -0.25) is 0 Å². The maximum Gasteiger partial charge on any atom is 0.318 e. The quantitative estimate of drug-likeness (QED) is 0.522. The highest BCUT2D eigenvalue weighted by molar-refractivity contribution is 5.96. The van der Waals surface area contributed by atoms with Crippen LogP contribution < -0.4 is 19.9 Å². The summed E-state index contributed by atoms with van der Waals surface area (Å²) in [5, 5.41) is 15.4. The minimum atomic E-state index is 0.145. The van der Waals surface area contributed by atoms with E-state index in [9.17, 15) is 5.26 Å². The van der Waals surface area contributed by atoms with Crippen molar-refractivity contribution >= 4 is 22.3 Å². The van der Waals surface area contributed by atoms with Crippen LogP contribution in [0.5, 0.6) is 6.01 Å². The Morgan fingerprint density at radius 1 is 1.05 bits per heavy atom. The molecule has 2 fully saturated rings. The molecule has 1 aromatic heterocycles. The second-order valence-electron chi connectivity index (χ2n) is 11.2. The van der Waals surface area contributed by atoms with Gasteiger partial charge >= 0.3 is 6.01 Å². The van der Waals surface area contributed by atoms with E-state index in [0.717, 1.165) is 70.0 Å². The number of likely N-dealkylation sites (tertiary alicyclic amines) is 1. The first kappa shape index (κ1) is 25.8. The SMILES string of the molecule is Cc1cccc2cccc(N3CCc4nc(OC[C@@H]5CCCN5C)nc(N5CCN[C@@H](CC#N)C5)c4CC3)c12. The molecule has 4 heterocycles. The molecule has 8 heteroatoms. The summed E-state index contributed by atoms with van der Waals surface area (Å²) in [6.07, 6.45) is 4.59. The number of aryl methyl sites for hydroxylation is 1. The summed E-state index contributed by atoms with van der Waals surface area (Å²) in [6, 6.07) is 16.6. The lowest BCUT2D eigenvalue weighted by molar-refractivity contribution is 0.187. The number of fused-ring (bicyclic) bond motifs is 2. The van der Waals surface area contributed by atoms with Crippen LogP contribution in [0, 0.1) is 18.3 Å². The molecule has 0 aliphatic carbocycles. The van der Waals surface area contributed by atoms with Crippen molar-refractivity contribution < 1.29 is 4.74 Å². The van der Waals surface area contributed by atoms with Crippen LogP contribution in [0.3, 0.4) is 0 Å². The molecule has 0 unspecified atom stereocenters. The normalized spacial score (nSPS) is 22.0. The highest BCUT2D eigenvalue weighted by atomic mass is 16.5. The molecule has 8 nitrogen and oxygen atoms in total. The van der Waals surface area contributed by atoms with Gasteiger partial charge in [0, 0.05) is 67.9 Å². The molecule has 0 amide bonds. The monoisotopic (exact) mass is 525 g/mol. The Morgan fingerprint density at radius 3 is 2.72 bits per heavy atom. The number of rotatable bonds is 6. The Labute approximate surface area is 231 Å². The van der Waals surface area contributed by atoms with Crippen molar-refractivity contribution in [2.75, 3.05) is 62.7 Å². The average Bonchev–Trinajstić information content (AvgIpc) is 3.24. The molecule has 0 spiro atoms. The molecule has 3 aromatic rings. The van der Waals surface area contributed by atoms with Gasteiger partial charge in [-0.25, -0.2) is 0 Å². The van der Waals surface area contributed by atoms with Crippen LogP contribution in [0.2, 0.25) is 0 Å². The van der Waals surface area contributed by atoms with Gasteiger partial charge in [-0.05, 0) is 56.8 Å². The molecule has 39 heavy (non-hydrogen) atoms. The molecule has 0 bridgehead atoms. The van der Waals surface area contributed by atoms with E-state index in [1.54, 1.807) is 0 Å². The first-order valence-electron chi connectivity index (χ1n) is 14.4. The van der Waals surface area contributed by atoms with Gasteiger partial charge in [0.1, 0.15) is 12.4 Å². The smallest absolute Gasteiger partial charge is 0.318 e. The second-order valence-corrected chi connectivity index (χ2v) is 11.2. The largest absolute Gasteiger partial charge is 0.462 e. The van der Waals surface area contributed by atoms with E-state index < -0.39 is 0 Å². The third kappa shape index (κ3) is 5.39. The summed E-state index contributed by atoms with van der Waals surface area (Å²) >= 11 is 0. The lowest BCUT2D eigenvalue weighted by Crippen LogP contribution is -2.51. The van der Waals surface area contributed by atoms with Crippen molar-refractivity contribution in [3.05, 3.63) is 53.2 Å². The number of hydrogen-bond acceptors (Lipinski definition) is 8. The number of anilines is 2. The third-order valence-corrected chi connectivity index (χ3v) is 8.70. The van der Waals surface area contributed by atoms with Gasteiger partial charge in [-0.1, -0.05) is 30.3 Å². The summed E-state index contributed by atoms with van der Waals surface area (Å²) in [5.74, 6) is 0.996. The van der Waals surface area contributed by atoms with E-state index >= 15 is 0 Å². The van der Waals surface area contributed by atoms with Crippen LogP contribution in [-0.4, -0.2) is 79.9 Å². The number of nitrogens with one attached hydrogen (secondary N) is 1. The fourth-order valence-corrected chi connectivity index (χ4v) is 6.52. The maximum absolute atomic E-state index is 9.31. The van der Waals surface area contributed by atoms with Crippen molar-refractivity contribution in [2.24, 2.45) is 0 Å². The molecule has 3 aliphatic rings. The lowest BCUT2D eigenvalue weighted by Gasteiger charge is -2.35. The molecular formula is C31H39N7O. The van der Waals surface area contributed by atoms with Crippen molar-refractivity contribution in [1.29, 1.82) is 5.26 Å².